The third-order valence-electron chi connectivity index (χ3n) is 1.36. The molecule has 0 aliphatic carbocycles. The predicted octanol–water partition coefficient (Wildman–Crippen LogP) is 2.53. The summed E-state index contributed by atoms with van der Waals surface area (Å²) in [6.45, 7) is 0. The number of carbonyl (C=O) groups is 1. The molecular formula is C7H5ClF2O3S. The van der Waals surface area contributed by atoms with E-state index in [1.807, 2.05) is 0 Å². The maximum Gasteiger partial charge on any atom is 0.357 e. The molecule has 0 spiro atoms. The molecule has 0 saturated carbocycles. The Labute approximate surface area is 86.9 Å². The van der Waals surface area contributed by atoms with E-state index in [-0.39, 0.29) is 4.88 Å². The van der Waals surface area contributed by atoms with Gasteiger partial charge in [0.05, 0.1) is 12.0 Å². The quantitative estimate of drug-likeness (QED) is 0.640. The van der Waals surface area contributed by atoms with Crippen LogP contribution in [0.25, 0.3) is 0 Å². The molecule has 0 amide bonds. The van der Waals surface area contributed by atoms with Gasteiger partial charge in [-0.05, 0) is 11.6 Å². The summed E-state index contributed by atoms with van der Waals surface area (Å²) in [5.41, 5.74) is 0. The highest BCUT2D eigenvalue weighted by Gasteiger charge is 2.33. The van der Waals surface area contributed by atoms with Crippen LogP contribution < -0.4 is 0 Å². The summed E-state index contributed by atoms with van der Waals surface area (Å²) in [6, 6.07) is 0.740. The third-order valence-corrected chi connectivity index (χ3v) is 2.85. The smallest absolute Gasteiger partial charge is 0.357 e. The Morgan fingerprint density at radius 2 is 2.29 bits per heavy atom. The van der Waals surface area contributed by atoms with Gasteiger partial charge >= 0.3 is 11.4 Å². The molecule has 0 unspecified atom stereocenters. The largest absolute Gasteiger partial charge is 0.506 e. The molecule has 78 valence electrons. The summed E-state index contributed by atoms with van der Waals surface area (Å²) in [4.78, 5) is 10.0. The van der Waals surface area contributed by atoms with E-state index >= 15 is 0 Å². The molecule has 3 nitrogen and oxygen atoms in total. The number of thiophene rings is 1. The topological polar surface area (TPSA) is 46.5 Å². The summed E-state index contributed by atoms with van der Waals surface area (Å²) in [6.07, 6.45) is 0. The molecule has 1 rings (SSSR count). The molecule has 0 saturated heterocycles. The number of esters is 1. The first-order valence-corrected chi connectivity index (χ1v) is 4.54. The SMILES string of the molecule is COC(=O)c1sc(C(F)(F)Cl)cc1O. The van der Waals surface area contributed by atoms with Crippen molar-refractivity contribution in [3.05, 3.63) is 15.8 Å². The van der Waals surface area contributed by atoms with E-state index in [1.165, 1.54) is 0 Å². The van der Waals surface area contributed by atoms with E-state index in [1.54, 1.807) is 0 Å². The van der Waals surface area contributed by atoms with E-state index in [2.05, 4.69) is 4.74 Å². The van der Waals surface area contributed by atoms with Crippen LogP contribution in [0.1, 0.15) is 14.5 Å². The number of methoxy groups -OCH3 is 1. The highest BCUT2D eigenvalue weighted by Crippen LogP contribution is 2.41. The Hall–Kier alpha value is -0.880. The van der Waals surface area contributed by atoms with Crippen LogP contribution in [0, 0.1) is 0 Å². The standard InChI is InChI=1S/C7H5ClF2O3S/c1-13-6(12)5-3(11)2-4(14-5)7(8,9)10/h2,11H,1H3. The number of halogens is 3. The monoisotopic (exact) mass is 242 g/mol. The Kier molecular flexibility index (Phi) is 2.96. The Morgan fingerprint density at radius 1 is 1.71 bits per heavy atom. The minimum Gasteiger partial charge on any atom is -0.506 e. The summed E-state index contributed by atoms with van der Waals surface area (Å²) in [5.74, 6) is -1.43. The fourth-order valence-corrected chi connectivity index (χ4v) is 1.77. The molecule has 7 heteroatoms. The second-order valence-corrected chi connectivity index (χ2v) is 3.84. The number of aromatic hydroxyl groups is 1. The van der Waals surface area contributed by atoms with Gasteiger partial charge in [-0.3, -0.25) is 0 Å². The second kappa shape index (κ2) is 3.70. The van der Waals surface area contributed by atoms with E-state index < -0.39 is 22.0 Å². The van der Waals surface area contributed by atoms with Crippen LogP contribution in [-0.4, -0.2) is 18.2 Å². The zero-order chi connectivity index (χ0) is 10.9. The van der Waals surface area contributed by atoms with Crippen molar-refractivity contribution in [1.82, 2.24) is 0 Å². The molecular weight excluding hydrogens is 238 g/mol. The maximum atomic E-state index is 12.5. The first kappa shape index (κ1) is 11.2. The lowest BCUT2D eigenvalue weighted by atomic mass is 10.4. The van der Waals surface area contributed by atoms with Crippen molar-refractivity contribution in [3.63, 3.8) is 0 Å². The molecule has 1 heterocycles. The number of carbonyl (C=O) groups excluding carboxylic acids is 1. The minimum atomic E-state index is -3.59. The van der Waals surface area contributed by atoms with Gasteiger partial charge in [0.15, 0.2) is 4.88 Å². The van der Waals surface area contributed by atoms with Crippen LogP contribution >= 0.6 is 22.9 Å². The molecule has 1 aromatic rings. The van der Waals surface area contributed by atoms with Gasteiger partial charge in [0.1, 0.15) is 5.75 Å². The molecule has 0 aliphatic heterocycles. The first-order chi connectivity index (χ1) is 6.36. The number of hydrogen-bond donors (Lipinski definition) is 1. The number of hydrogen-bond acceptors (Lipinski definition) is 4. The molecule has 0 aliphatic rings. The number of alkyl halides is 3. The van der Waals surface area contributed by atoms with Gasteiger partial charge in [0.25, 0.3) is 0 Å². The normalized spacial score (nSPS) is 11.4. The Morgan fingerprint density at radius 3 is 2.64 bits per heavy atom. The van der Waals surface area contributed by atoms with Crippen molar-refractivity contribution >= 4 is 28.9 Å². The van der Waals surface area contributed by atoms with Crippen molar-refractivity contribution in [3.8, 4) is 5.75 Å². The Bertz CT molecular complexity index is 358. The molecule has 0 bridgehead atoms. The molecule has 0 aromatic carbocycles. The van der Waals surface area contributed by atoms with Gasteiger partial charge in [-0.1, -0.05) is 0 Å². The van der Waals surface area contributed by atoms with E-state index in [4.69, 9.17) is 16.7 Å². The fraction of sp³-hybridized carbons (Fsp3) is 0.286. The van der Waals surface area contributed by atoms with E-state index in [0.29, 0.717) is 11.3 Å². The fourth-order valence-electron chi connectivity index (χ4n) is 0.760. The van der Waals surface area contributed by atoms with Gasteiger partial charge in [-0.15, -0.1) is 11.3 Å². The van der Waals surface area contributed by atoms with Gasteiger partial charge in [-0.25, -0.2) is 4.79 Å². The summed E-state index contributed by atoms with van der Waals surface area (Å²) in [7, 11) is 1.08. The second-order valence-electron chi connectivity index (χ2n) is 2.31. The van der Waals surface area contributed by atoms with Crippen LogP contribution in [0.2, 0.25) is 0 Å². The van der Waals surface area contributed by atoms with Crippen molar-refractivity contribution in [2.45, 2.75) is 5.38 Å². The molecule has 0 fully saturated rings. The van der Waals surface area contributed by atoms with Crippen LogP contribution in [0.4, 0.5) is 8.78 Å². The van der Waals surface area contributed by atoms with Crippen molar-refractivity contribution in [2.75, 3.05) is 7.11 Å². The molecule has 1 aromatic heterocycles. The van der Waals surface area contributed by atoms with Crippen LogP contribution in [0.3, 0.4) is 0 Å². The van der Waals surface area contributed by atoms with Gasteiger partial charge in [0, 0.05) is 6.07 Å². The zero-order valence-electron chi connectivity index (χ0n) is 6.88. The van der Waals surface area contributed by atoms with E-state index in [9.17, 15) is 13.6 Å². The summed E-state index contributed by atoms with van der Waals surface area (Å²) in [5, 5.41) is 5.52. The lowest BCUT2D eigenvalue weighted by Crippen LogP contribution is -1.99. The number of ether oxygens (including phenoxy) is 1. The lowest BCUT2D eigenvalue weighted by Gasteiger charge is -2.01. The van der Waals surface area contributed by atoms with Gasteiger partial charge < -0.3 is 9.84 Å². The van der Waals surface area contributed by atoms with Crippen molar-refractivity contribution in [2.24, 2.45) is 0 Å². The van der Waals surface area contributed by atoms with E-state index in [0.717, 1.165) is 13.2 Å². The third kappa shape index (κ3) is 2.13. The highest BCUT2D eigenvalue weighted by atomic mass is 35.5. The van der Waals surface area contributed by atoms with Crippen LogP contribution in [0.5, 0.6) is 5.75 Å². The van der Waals surface area contributed by atoms with Crippen molar-refractivity contribution in [1.29, 1.82) is 0 Å². The first-order valence-electron chi connectivity index (χ1n) is 3.34. The van der Waals surface area contributed by atoms with Crippen LogP contribution in [0.15, 0.2) is 6.07 Å². The molecule has 1 N–H and O–H groups in total. The molecule has 14 heavy (non-hydrogen) atoms. The van der Waals surface area contributed by atoms with Crippen LogP contribution in [-0.2, 0) is 10.1 Å². The van der Waals surface area contributed by atoms with Crippen molar-refractivity contribution < 1.29 is 23.4 Å². The molecule has 0 atom stereocenters. The van der Waals surface area contributed by atoms with Gasteiger partial charge in [-0.2, -0.15) is 8.78 Å². The Balaban J connectivity index is 3.12. The average Bonchev–Trinajstić information content (AvgIpc) is 2.45. The highest BCUT2D eigenvalue weighted by molar-refractivity contribution is 7.14. The minimum absolute atomic E-state index is 0.289. The lowest BCUT2D eigenvalue weighted by molar-refractivity contribution is 0.0603. The van der Waals surface area contributed by atoms with Gasteiger partial charge in [0.2, 0.25) is 0 Å². The molecule has 0 radical (unpaired) electrons. The summed E-state index contributed by atoms with van der Waals surface area (Å²) >= 11 is 5.10. The number of rotatable bonds is 2. The maximum absolute atomic E-state index is 12.5. The predicted molar refractivity (Wildman–Crippen MR) is 47.1 cm³/mol. The average molecular weight is 243 g/mol. The summed E-state index contributed by atoms with van der Waals surface area (Å²) < 4.78 is 29.3. The zero-order valence-corrected chi connectivity index (χ0v) is 8.46.